The van der Waals surface area contributed by atoms with Crippen LogP contribution in [-0.4, -0.2) is 42.3 Å². The molecule has 0 aromatic carbocycles. The topological polar surface area (TPSA) is 52.6 Å². The van der Waals surface area contributed by atoms with Gasteiger partial charge >= 0.3 is 6.03 Å². The van der Waals surface area contributed by atoms with Crippen LogP contribution in [0.5, 0.6) is 0 Å². The molecule has 1 rings (SSSR count). The van der Waals surface area contributed by atoms with E-state index in [2.05, 4.69) is 16.8 Å². The molecule has 0 aliphatic rings. The molecule has 5 heteroatoms. The maximum Gasteiger partial charge on any atom is 0.317 e. The van der Waals surface area contributed by atoms with Gasteiger partial charge in [-0.05, 0) is 35.7 Å². The van der Waals surface area contributed by atoms with Crippen molar-refractivity contribution in [2.24, 2.45) is 0 Å². The monoisotopic (exact) mass is 242 g/mol. The average Bonchev–Trinajstić information content (AvgIpc) is 2.69. The minimum Gasteiger partial charge on any atom is -0.392 e. The van der Waals surface area contributed by atoms with Gasteiger partial charge in [-0.2, -0.15) is 11.3 Å². The number of carbonyl (C=O) groups excluding carboxylic acids is 1. The zero-order valence-corrected chi connectivity index (χ0v) is 10.5. The first-order valence-corrected chi connectivity index (χ1v) is 6.22. The van der Waals surface area contributed by atoms with Gasteiger partial charge in [-0.3, -0.25) is 0 Å². The van der Waals surface area contributed by atoms with E-state index in [0.717, 1.165) is 6.42 Å². The van der Waals surface area contributed by atoms with Crippen LogP contribution in [0.4, 0.5) is 4.79 Å². The van der Waals surface area contributed by atoms with Gasteiger partial charge in [-0.25, -0.2) is 4.79 Å². The average molecular weight is 242 g/mol. The van der Waals surface area contributed by atoms with Crippen molar-refractivity contribution in [3.8, 4) is 0 Å². The fourth-order valence-corrected chi connectivity index (χ4v) is 2.07. The van der Waals surface area contributed by atoms with Gasteiger partial charge in [-0.1, -0.05) is 0 Å². The lowest BCUT2D eigenvalue weighted by atomic mass is 10.2. The molecule has 0 aliphatic carbocycles. The van der Waals surface area contributed by atoms with Crippen molar-refractivity contribution in [1.29, 1.82) is 0 Å². The molecule has 0 saturated carbocycles. The lowest BCUT2D eigenvalue weighted by molar-refractivity contribution is 0.144. The van der Waals surface area contributed by atoms with Crippen LogP contribution in [0.15, 0.2) is 16.8 Å². The molecule has 1 aromatic rings. The molecule has 1 aromatic heterocycles. The summed E-state index contributed by atoms with van der Waals surface area (Å²) in [4.78, 5) is 13.0. The van der Waals surface area contributed by atoms with Crippen LogP contribution in [-0.2, 0) is 6.42 Å². The van der Waals surface area contributed by atoms with Crippen molar-refractivity contribution in [2.45, 2.75) is 19.4 Å². The fourth-order valence-electron chi connectivity index (χ4n) is 1.36. The minimum absolute atomic E-state index is 0.142. The Kier molecular flexibility index (Phi) is 5.28. The Hall–Kier alpha value is -1.07. The van der Waals surface area contributed by atoms with E-state index in [1.54, 1.807) is 25.3 Å². The zero-order valence-electron chi connectivity index (χ0n) is 9.64. The van der Waals surface area contributed by atoms with Crippen LogP contribution in [0, 0.1) is 0 Å². The van der Waals surface area contributed by atoms with Crippen LogP contribution < -0.4 is 5.32 Å². The molecule has 90 valence electrons. The molecule has 0 radical (unpaired) electrons. The molecule has 2 N–H and O–H groups in total. The summed E-state index contributed by atoms with van der Waals surface area (Å²) in [5.74, 6) is 0. The second-order valence-corrected chi connectivity index (χ2v) is 4.62. The van der Waals surface area contributed by atoms with E-state index in [9.17, 15) is 4.79 Å². The highest BCUT2D eigenvalue weighted by Gasteiger charge is 2.09. The quantitative estimate of drug-likeness (QED) is 0.818. The van der Waals surface area contributed by atoms with E-state index in [0.29, 0.717) is 13.1 Å². The third-order valence-corrected chi connectivity index (χ3v) is 2.89. The predicted molar refractivity (Wildman–Crippen MR) is 65.7 cm³/mol. The lowest BCUT2D eigenvalue weighted by Gasteiger charge is -2.19. The molecule has 0 bridgehead atoms. The minimum atomic E-state index is -0.493. The summed E-state index contributed by atoms with van der Waals surface area (Å²) in [5.41, 5.74) is 1.24. The van der Waals surface area contributed by atoms with E-state index in [4.69, 9.17) is 5.11 Å². The molecule has 4 nitrogen and oxygen atoms in total. The van der Waals surface area contributed by atoms with Crippen LogP contribution in [0.25, 0.3) is 0 Å². The number of urea groups is 1. The maximum absolute atomic E-state index is 11.5. The van der Waals surface area contributed by atoms with Gasteiger partial charge in [0.15, 0.2) is 0 Å². The summed E-state index contributed by atoms with van der Waals surface area (Å²) in [6.07, 6.45) is 0.352. The standard InChI is InChI=1S/C11H18N2O2S/c1-9(14)7-13(2)11(15)12-5-3-10-4-6-16-8-10/h4,6,8-9,14H,3,5,7H2,1-2H3,(H,12,15). The molecule has 0 spiro atoms. The lowest BCUT2D eigenvalue weighted by Crippen LogP contribution is -2.41. The molecule has 1 unspecified atom stereocenters. The zero-order chi connectivity index (χ0) is 12.0. The predicted octanol–water partition coefficient (Wildman–Crippen LogP) is 1.31. The third-order valence-electron chi connectivity index (χ3n) is 2.15. The van der Waals surface area contributed by atoms with Crippen LogP contribution in [0.3, 0.4) is 0 Å². The third kappa shape index (κ3) is 4.63. The number of carbonyl (C=O) groups is 1. The first-order valence-electron chi connectivity index (χ1n) is 5.27. The van der Waals surface area contributed by atoms with Gasteiger partial charge in [0.2, 0.25) is 0 Å². The molecule has 0 fully saturated rings. The van der Waals surface area contributed by atoms with Crippen molar-refractivity contribution in [3.05, 3.63) is 22.4 Å². The highest BCUT2D eigenvalue weighted by Crippen LogP contribution is 2.05. The Morgan fingerprint density at radius 2 is 2.44 bits per heavy atom. The second-order valence-electron chi connectivity index (χ2n) is 3.84. The normalized spacial score (nSPS) is 12.2. The van der Waals surface area contributed by atoms with Gasteiger partial charge in [0.25, 0.3) is 0 Å². The van der Waals surface area contributed by atoms with Crippen LogP contribution in [0.2, 0.25) is 0 Å². The smallest absolute Gasteiger partial charge is 0.317 e. The molecule has 0 aliphatic heterocycles. The number of aliphatic hydroxyl groups is 1. The summed E-state index contributed by atoms with van der Waals surface area (Å²) in [6.45, 7) is 2.64. The van der Waals surface area contributed by atoms with E-state index in [-0.39, 0.29) is 6.03 Å². The Balaban J connectivity index is 2.19. The summed E-state index contributed by atoms with van der Waals surface area (Å²) in [6, 6.07) is 1.91. The van der Waals surface area contributed by atoms with Crippen LogP contribution >= 0.6 is 11.3 Å². The van der Waals surface area contributed by atoms with Gasteiger partial charge < -0.3 is 15.3 Å². The number of nitrogens with zero attached hydrogens (tertiary/aromatic N) is 1. The molecule has 2 amide bonds. The Bertz CT molecular complexity index is 312. The number of likely N-dealkylation sites (N-methyl/N-ethyl adjacent to an activating group) is 1. The number of thiophene rings is 1. The van der Waals surface area contributed by atoms with Crippen molar-refractivity contribution in [1.82, 2.24) is 10.2 Å². The van der Waals surface area contributed by atoms with Crippen molar-refractivity contribution >= 4 is 17.4 Å². The van der Waals surface area contributed by atoms with Gasteiger partial charge in [0, 0.05) is 20.1 Å². The summed E-state index contributed by atoms with van der Waals surface area (Å²) in [7, 11) is 1.67. The van der Waals surface area contributed by atoms with E-state index in [1.165, 1.54) is 10.5 Å². The maximum atomic E-state index is 11.5. The van der Waals surface area contributed by atoms with Crippen molar-refractivity contribution in [3.63, 3.8) is 0 Å². The first-order chi connectivity index (χ1) is 7.59. The highest BCUT2D eigenvalue weighted by atomic mass is 32.1. The molecular weight excluding hydrogens is 224 g/mol. The number of rotatable bonds is 5. The molecule has 1 atom stereocenters. The van der Waals surface area contributed by atoms with Gasteiger partial charge in [0.1, 0.15) is 0 Å². The molecule has 16 heavy (non-hydrogen) atoms. The van der Waals surface area contributed by atoms with Gasteiger partial charge in [-0.15, -0.1) is 0 Å². The number of hydrogen-bond acceptors (Lipinski definition) is 3. The molecule has 0 saturated heterocycles. The number of hydrogen-bond donors (Lipinski definition) is 2. The van der Waals surface area contributed by atoms with Gasteiger partial charge in [0.05, 0.1) is 6.10 Å². The molecular formula is C11H18N2O2S. The number of nitrogens with one attached hydrogen (secondary N) is 1. The first kappa shape index (κ1) is 13.0. The fraction of sp³-hybridized carbons (Fsp3) is 0.545. The Morgan fingerprint density at radius 1 is 1.69 bits per heavy atom. The largest absolute Gasteiger partial charge is 0.392 e. The SMILES string of the molecule is CC(O)CN(C)C(=O)NCCc1ccsc1. The number of amides is 2. The molecule has 1 heterocycles. The van der Waals surface area contributed by atoms with E-state index in [1.807, 2.05) is 5.38 Å². The van der Waals surface area contributed by atoms with E-state index >= 15 is 0 Å². The summed E-state index contributed by atoms with van der Waals surface area (Å²) in [5, 5.41) is 16.0. The number of aliphatic hydroxyl groups excluding tert-OH is 1. The Morgan fingerprint density at radius 3 is 3.00 bits per heavy atom. The Labute approximate surface area is 99.9 Å². The van der Waals surface area contributed by atoms with E-state index < -0.39 is 6.10 Å². The van der Waals surface area contributed by atoms with Crippen molar-refractivity contribution < 1.29 is 9.90 Å². The summed E-state index contributed by atoms with van der Waals surface area (Å²) < 4.78 is 0. The summed E-state index contributed by atoms with van der Waals surface area (Å²) >= 11 is 1.66. The van der Waals surface area contributed by atoms with Crippen LogP contribution in [0.1, 0.15) is 12.5 Å². The highest BCUT2D eigenvalue weighted by molar-refractivity contribution is 7.07. The van der Waals surface area contributed by atoms with Crippen molar-refractivity contribution in [2.75, 3.05) is 20.1 Å². The second kappa shape index (κ2) is 6.50.